The van der Waals surface area contributed by atoms with Gasteiger partial charge in [-0.15, -0.1) is 16.8 Å². The maximum absolute atomic E-state index is 9.44. The number of phenolic OH excluding ortho intramolecular Hbond substituents is 1. The lowest BCUT2D eigenvalue weighted by atomic mass is 10.2. The highest BCUT2D eigenvalue weighted by Crippen LogP contribution is 2.25. The number of hydrogen-bond acceptors (Lipinski definition) is 4. The molecule has 2 aromatic carbocycles. The highest BCUT2D eigenvalue weighted by molar-refractivity contribution is 7.99. The molecule has 0 amide bonds. The van der Waals surface area contributed by atoms with E-state index in [9.17, 15) is 5.11 Å². The lowest BCUT2D eigenvalue weighted by Crippen LogP contribution is -2.00. The van der Waals surface area contributed by atoms with Gasteiger partial charge in [0.25, 0.3) is 0 Å². The van der Waals surface area contributed by atoms with Crippen molar-refractivity contribution in [3.05, 3.63) is 72.8 Å². The third-order valence-electron chi connectivity index (χ3n) is 3.43. The summed E-state index contributed by atoms with van der Waals surface area (Å²) in [5.41, 5.74) is 1.90. The van der Waals surface area contributed by atoms with E-state index in [2.05, 4.69) is 28.6 Å². The van der Waals surface area contributed by atoms with Gasteiger partial charge in [-0.25, -0.2) is 0 Å². The monoisotopic (exact) mass is 347 g/mol. The Balaban J connectivity index is 1.76. The molecule has 0 aliphatic heterocycles. The number of nitrogens with zero attached hydrogens (tertiary/aromatic N) is 3. The maximum atomic E-state index is 9.44. The topological polar surface area (TPSA) is 50.9 Å². The van der Waals surface area contributed by atoms with Crippen LogP contribution in [0.4, 0.5) is 0 Å². The summed E-state index contributed by atoms with van der Waals surface area (Å²) < 4.78 is 1.99. The summed E-state index contributed by atoms with van der Waals surface area (Å²) in [4.78, 5) is 0. The largest absolute Gasteiger partial charge is 0.508 e. The first-order valence-corrected chi connectivity index (χ1v) is 8.76. The van der Waals surface area contributed by atoms with Crippen molar-refractivity contribution in [2.75, 3.05) is 5.75 Å². The van der Waals surface area contributed by atoms with Gasteiger partial charge in [-0.05, 0) is 36.4 Å². The van der Waals surface area contributed by atoms with Crippen LogP contribution in [-0.4, -0.2) is 25.6 Å². The van der Waals surface area contributed by atoms with Crippen LogP contribution < -0.4 is 0 Å². The fourth-order valence-electron chi connectivity index (χ4n) is 2.27. The zero-order chi connectivity index (χ0) is 17.5. The van der Waals surface area contributed by atoms with Gasteiger partial charge in [-0.2, -0.15) is 0 Å². The molecular formula is C20H17N3OS. The molecule has 4 nitrogen and oxygen atoms in total. The Kier molecular flexibility index (Phi) is 5.55. The molecule has 5 heteroatoms. The van der Waals surface area contributed by atoms with E-state index >= 15 is 0 Å². The third-order valence-corrected chi connectivity index (χ3v) is 4.28. The standard InChI is InChI=1S/C20H17N3OS/c1-2-14-23-19(17-10-12-18(24)13-11-17)21-22-20(23)25-15-6-9-16-7-4-3-5-8-16/h2-5,7-8,10-13,24H,1,14-15H2. The number of thioether (sulfide) groups is 1. The van der Waals surface area contributed by atoms with Crippen LogP contribution in [0.15, 0.2) is 72.4 Å². The first-order chi connectivity index (χ1) is 12.3. The minimum atomic E-state index is 0.226. The van der Waals surface area contributed by atoms with Crippen LogP contribution >= 0.6 is 11.8 Å². The first kappa shape index (κ1) is 16.9. The number of hydrogen-bond donors (Lipinski definition) is 1. The van der Waals surface area contributed by atoms with Crippen molar-refractivity contribution >= 4 is 11.8 Å². The molecule has 0 saturated carbocycles. The van der Waals surface area contributed by atoms with Crippen LogP contribution in [0.3, 0.4) is 0 Å². The fourth-order valence-corrected chi connectivity index (χ4v) is 2.96. The summed E-state index contributed by atoms with van der Waals surface area (Å²) in [6.45, 7) is 4.42. The van der Waals surface area contributed by atoms with E-state index in [1.165, 1.54) is 0 Å². The van der Waals surface area contributed by atoms with Gasteiger partial charge < -0.3 is 5.11 Å². The van der Waals surface area contributed by atoms with Gasteiger partial charge in [0.15, 0.2) is 11.0 Å². The molecule has 124 valence electrons. The second-order valence-corrected chi connectivity index (χ2v) is 6.15. The summed E-state index contributed by atoms with van der Waals surface area (Å²) >= 11 is 1.54. The van der Waals surface area contributed by atoms with E-state index in [0.29, 0.717) is 12.3 Å². The number of allylic oxidation sites excluding steroid dienone is 1. The number of phenols is 1. The van der Waals surface area contributed by atoms with E-state index in [-0.39, 0.29) is 5.75 Å². The highest BCUT2D eigenvalue weighted by atomic mass is 32.2. The molecule has 0 saturated heterocycles. The molecule has 0 unspecified atom stereocenters. The lowest BCUT2D eigenvalue weighted by Gasteiger charge is -2.06. The minimum Gasteiger partial charge on any atom is -0.508 e. The lowest BCUT2D eigenvalue weighted by molar-refractivity contribution is 0.475. The number of aromatic nitrogens is 3. The minimum absolute atomic E-state index is 0.226. The Morgan fingerprint density at radius 3 is 2.56 bits per heavy atom. The molecule has 0 aliphatic rings. The van der Waals surface area contributed by atoms with E-state index < -0.39 is 0 Å². The number of rotatable bonds is 5. The molecule has 25 heavy (non-hydrogen) atoms. The third kappa shape index (κ3) is 4.31. The predicted molar refractivity (Wildman–Crippen MR) is 101 cm³/mol. The predicted octanol–water partition coefficient (Wildman–Crippen LogP) is 3.98. The fraction of sp³-hybridized carbons (Fsp3) is 0.100. The Morgan fingerprint density at radius 2 is 1.84 bits per heavy atom. The average Bonchev–Trinajstić information content (AvgIpc) is 3.03. The summed E-state index contributed by atoms with van der Waals surface area (Å²) in [5, 5.41) is 18.8. The van der Waals surface area contributed by atoms with Crippen LogP contribution in [0.2, 0.25) is 0 Å². The van der Waals surface area contributed by atoms with Gasteiger partial charge in [0.1, 0.15) is 5.75 Å². The maximum Gasteiger partial charge on any atom is 0.192 e. The Labute approximate surface area is 151 Å². The van der Waals surface area contributed by atoms with Crippen molar-refractivity contribution < 1.29 is 5.11 Å². The molecule has 0 fully saturated rings. The molecule has 3 rings (SSSR count). The summed E-state index contributed by atoms with van der Waals surface area (Å²) in [6, 6.07) is 16.8. The molecule has 1 aromatic heterocycles. The Morgan fingerprint density at radius 1 is 1.08 bits per heavy atom. The molecule has 1 N–H and O–H groups in total. The van der Waals surface area contributed by atoms with Crippen molar-refractivity contribution in [2.24, 2.45) is 0 Å². The van der Waals surface area contributed by atoms with Gasteiger partial charge in [0, 0.05) is 17.7 Å². The summed E-state index contributed by atoms with van der Waals surface area (Å²) in [6.07, 6.45) is 1.81. The zero-order valence-corrected chi connectivity index (χ0v) is 14.4. The summed E-state index contributed by atoms with van der Waals surface area (Å²) in [7, 11) is 0. The quantitative estimate of drug-likeness (QED) is 0.431. The highest BCUT2D eigenvalue weighted by Gasteiger charge is 2.13. The molecule has 0 spiro atoms. The van der Waals surface area contributed by atoms with Crippen LogP contribution in [-0.2, 0) is 6.54 Å². The molecule has 0 radical (unpaired) electrons. The van der Waals surface area contributed by atoms with Crippen LogP contribution in [0.1, 0.15) is 5.56 Å². The molecule has 0 bridgehead atoms. The van der Waals surface area contributed by atoms with Gasteiger partial charge in [-0.1, -0.05) is 47.9 Å². The first-order valence-electron chi connectivity index (χ1n) is 7.78. The van der Waals surface area contributed by atoms with E-state index in [0.717, 1.165) is 22.1 Å². The van der Waals surface area contributed by atoms with Crippen LogP contribution in [0.5, 0.6) is 5.75 Å². The number of aromatic hydroxyl groups is 1. The molecule has 0 aliphatic carbocycles. The van der Waals surface area contributed by atoms with Crippen molar-refractivity contribution in [2.45, 2.75) is 11.7 Å². The van der Waals surface area contributed by atoms with E-state index in [1.807, 2.05) is 53.1 Å². The van der Waals surface area contributed by atoms with Gasteiger partial charge in [-0.3, -0.25) is 4.57 Å². The second-order valence-electron chi connectivity index (χ2n) is 5.21. The Hall–Kier alpha value is -2.97. The molecule has 0 atom stereocenters. The zero-order valence-electron chi connectivity index (χ0n) is 13.6. The van der Waals surface area contributed by atoms with Crippen molar-refractivity contribution in [1.29, 1.82) is 0 Å². The molecular weight excluding hydrogens is 330 g/mol. The SMILES string of the molecule is C=CCn1c(SCC#Cc2ccccc2)nnc1-c1ccc(O)cc1. The normalized spacial score (nSPS) is 10.1. The molecule has 3 aromatic rings. The van der Waals surface area contributed by atoms with Crippen molar-refractivity contribution in [1.82, 2.24) is 14.8 Å². The van der Waals surface area contributed by atoms with Crippen LogP contribution in [0.25, 0.3) is 11.4 Å². The summed E-state index contributed by atoms with van der Waals surface area (Å²) in [5.74, 6) is 7.88. The molecule has 1 heterocycles. The van der Waals surface area contributed by atoms with Crippen LogP contribution in [0, 0.1) is 11.8 Å². The van der Waals surface area contributed by atoms with Gasteiger partial charge >= 0.3 is 0 Å². The van der Waals surface area contributed by atoms with E-state index in [4.69, 9.17) is 0 Å². The Bertz CT molecular complexity index is 906. The van der Waals surface area contributed by atoms with Gasteiger partial charge in [0.05, 0.1) is 5.75 Å². The number of benzene rings is 2. The second kappa shape index (κ2) is 8.22. The van der Waals surface area contributed by atoms with Gasteiger partial charge in [0.2, 0.25) is 0 Å². The van der Waals surface area contributed by atoms with Crippen molar-refractivity contribution in [3.63, 3.8) is 0 Å². The van der Waals surface area contributed by atoms with Crippen molar-refractivity contribution in [3.8, 4) is 29.0 Å². The van der Waals surface area contributed by atoms with E-state index in [1.54, 1.807) is 23.9 Å². The smallest absolute Gasteiger partial charge is 0.192 e. The average molecular weight is 347 g/mol.